The normalized spacial score (nSPS) is 21.2. The number of alkyl halides is 1. The Hall–Kier alpha value is -1.78. The summed E-state index contributed by atoms with van der Waals surface area (Å²) < 4.78 is 19.6. The minimum absolute atomic E-state index is 0.0421. The van der Waals surface area contributed by atoms with Gasteiger partial charge in [-0.25, -0.2) is 9.18 Å². The van der Waals surface area contributed by atoms with Crippen LogP contribution in [0.1, 0.15) is 52.5 Å². The van der Waals surface area contributed by atoms with Crippen molar-refractivity contribution in [1.29, 1.82) is 0 Å². The van der Waals surface area contributed by atoms with Gasteiger partial charge in [0.05, 0.1) is 6.54 Å². The summed E-state index contributed by atoms with van der Waals surface area (Å²) in [5.41, 5.74) is 0.278. The number of piperidine rings is 1. The van der Waals surface area contributed by atoms with Crippen molar-refractivity contribution >= 4 is 6.09 Å². The number of carbonyl (C=O) groups is 1. The van der Waals surface area contributed by atoms with Gasteiger partial charge in [-0.2, -0.15) is 0 Å². The van der Waals surface area contributed by atoms with E-state index in [9.17, 15) is 14.3 Å². The molecule has 1 fully saturated rings. The second-order valence-electron chi connectivity index (χ2n) is 6.43. The van der Waals surface area contributed by atoms with Gasteiger partial charge in [-0.15, -0.1) is 0 Å². The van der Waals surface area contributed by atoms with Crippen molar-refractivity contribution in [2.75, 3.05) is 13.1 Å². The maximum absolute atomic E-state index is 14.4. The van der Waals surface area contributed by atoms with E-state index in [-0.39, 0.29) is 18.2 Å². The lowest BCUT2D eigenvalue weighted by Gasteiger charge is -2.35. The van der Waals surface area contributed by atoms with Crippen molar-refractivity contribution in [2.45, 2.75) is 58.7 Å². The number of hydrogen-bond acceptors (Lipinski definition) is 3. The van der Waals surface area contributed by atoms with E-state index in [1.165, 1.54) is 4.90 Å². The number of aromatic hydroxyl groups is 1. The molecule has 2 atom stereocenters. The van der Waals surface area contributed by atoms with Gasteiger partial charge in [0.25, 0.3) is 0 Å². The van der Waals surface area contributed by atoms with Gasteiger partial charge in [0.15, 0.2) is 0 Å². The molecule has 4 nitrogen and oxygen atoms in total. The lowest BCUT2D eigenvalue weighted by Crippen LogP contribution is -2.46. The number of halogens is 1. The van der Waals surface area contributed by atoms with Gasteiger partial charge in [-0.3, -0.25) is 0 Å². The maximum atomic E-state index is 14.4. The highest BCUT2D eigenvalue weighted by Gasteiger charge is 2.34. The van der Waals surface area contributed by atoms with Gasteiger partial charge < -0.3 is 14.7 Å². The zero-order valence-corrected chi connectivity index (χ0v) is 14.7. The summed E-state index contributed by atoms with van der Waals surface area (Å²) in [4.78, 5) is 13.4. The first-order valence-electron chi connectivity index (χ1n) is 8.17. The number of likely N-dealkylation sites (tertiary alicyclic amines) is 1. The molecule has 0 saturated carbocycles. The monoisotopic (exact) mass is 325 g/mol. The molecule has 2 rings (SSSR count). The molecule has 0 aromatic heterocycles. The zero-order chi connectivity index (χ0) is 17.6. The highest BCUT2D eigenvalue weighted by molar-refractivity contribution is 5.68. The maximum Gasteiger partial charge on any atom is 0.410 e. The Morgan fingerprint density at radius 3 is 2.30 bits per heavy atom. The van der Waals surface area contributed by atoms with Crippen molar-refractivity contribution in [1.82, 2.24) is 4.90 Å². The summed E-state index contributed by atoms with van der Waals surface area (Å²) in [7, 11) is 0. The predicted octanol–water partition coefficient (Wildman–Crippen LogP) is 4.48. The number of phenolic OH excluding ortho intramolecular Hbond substituents is 1. The number of ether oxygens (including phenoxy) is 1. The molecular weight excluding hydrogens is 297 g/mol. The van der Waals surface area contributed by atoms with E-state index in [0.29, 0.717) is 13.0 Å². The van der Waals surface area contributed by atoms with Crippen LogP contribution < -0.4 is 0 Å². The molecule has 1 aliphatic heterocycles. The molecule has 1 aliphatic rings. The van der Waals surface area contributed by atoms with Gasteiger partial charge >= 0.3 is 6.09 Å². The Morgan fingerprint density at radius 2 is 1.83 bits per heavy atom. The van der Waals surface area contributed by atoms with Crippen LogP contribution in [0.15, 0.2) is 24.3 Å². The lowest BCUT2D eigenvalue weighted by molar-refractivity contribution is 0.0111. The molecule has 0 spiro atoms. The average Bonchev–Trinajstić information content (AvgIpc) is 2.48. The summed E-state index contributed by atoms with van der Waals surface area (Å²) in [6.45, 7) is 9.89. The standard InChI is InChI=1S/C16H22FNO3.C2H6/c1-16(2,3)21-15(20)18-9-8-13(14(17)10-18)11-4-6-12(19)7-5-11;1-2/h4-7,13-14,19H,8-10H2,1-3H3;1-2H3/t13-,14?;/m0./s1. The van der Waals surface area contributed by atoms with E-state index < -0.39 is 17.9 Å². The molecule has 1 unspecified atom stereocenters. The summed E-state index contributed by atoms with van der Waals surface area (Å²) in [5, 5.41) is 9.28. The Kier molecular flexibility index (Phi) is 6.85. The summed E-state index contributed by atoms with van der Waals surface area (Å²) in [6.07, 6.45) is -1.05. The minimum atomic E-state index is -1.13. The predicted molar refractivity (Wildman–Crippen MR) is 89.5 cm³/mol. The second-order valence-corrected chi connectivity index (χ2v) is 6.43. The van der Waals surface area contributed by atoms with Crippen LogP contribution in [-0.4, -0.2) is 41.0 Å². The van der Waals surface area contributed by atoms with Crippen LogP contribution in [0.2, 0.25) is 0 Å². The first-order chi connectivity index (χ1) is 10.8. The van der Waals surface area contributed by atoms with Crippen LogP contribution in [0, 0.1) is 0 Å². The number of nitrogens with zero attached hydrogens (tertiary/aromatic N) is 1. The van der Waals surface area contributed by atoms with Gasteiger partial charge in [-0.05, 0) is 44.9 Å². The number of phenols is 1. The summed E-state index contributed by atoms with van der Waals surface area (Å²) in [5.74, 6) is -0.0790. The summed E-state index contributed by atoms with van der Waals surface area (Å²) in [6, 6.07) is 6.58. The topological polar surface area (TPSA) is 49.8 Å². The fourth-order valence-electron chi connectivity index (χ4n) is 2.49. The molecular formula is C18H28FNO3. The fourth-order valence-corrected chi connectivity index (χ4v) is 2.49. The smallest absolute Gasteiger partial charge is 0.410 e. The molecule has 0 radical (unpaired) electrons. The number of benzene rings is 1. The van der Waals surface area contributed by atoms with E-state index in [4.69, 9.17) is 4.74 Å². The highest BCUT2D eigenvalue weighted by atomic mass is 19.1. The molecule has 130 valence electrons. The molecule has 0 aliphatic carbocycles. The van der Waals surface area contributed by atoms with E-state index in [2.05, 4.69) is 0 Å². The van der Waals surface area contributed by atoms with Crippen LogP contribution in [0.3, 0.4) is 0 Å². The first kappa shape index (κ1) is 19.3. The molecule has 0 bridgehead atoms. The van der Waals surface area contributed by atoms with Crippen molar-refractivity contribution in [2.24, 2.45) is 0 Å². The molecule has 5 heteroatoms. The van der Waals surface area contributed by atoms with E-state index in [0.717, 1.165) is 5.56 Å². The highest BCUT2D eigenvalue weighted by Crippen LogP contribution is 2.31. The minimum Gasteiger partial charge on any atom is -0.508 e. The average molecular weight is 325 g/mol. The molecule has 1 N–H and O–H groups in total. The quantitative estimate of drug-likeness (QED) is 0.828. The summed E-state index contributed by atoms with van der Waals surface area (Å²) >= 11 is 0. The Labute approximate surface area is 138 Å². The third kappa shape index (κ3) is 5.73. The second kappa shape index (κ2) is 8.18. The number of amides is 1. The van der Waals surface area contributed by atoms with E-state index in [1.54, 1.807) is 45.0 Å². The third-order valence-electron chi connectivity index (χ3n) is 3.51. The van der Waals surface area contributed by atoms with Crippen molar-refractivity contribution in [3.63, 3.8) is 0 Å². The van der Waals surface area contributed by atoms with Gasteiger partial charge in [0.1, 0.15) is 17.5 Å². The SMILES string of the molecule is CC.CC(C)(C)OC(=O)N1CC[C@@H](c2ccc(O)cc2)C(F)C1. The van der Waals surface area contributed by atoms with Crippen molar-refractivity contribution < 1.29 is 19.0 Å². The number of hydrogen-bond donors (Lipinski definition) is 1. The molecule has 1 heterocycles. The third-order valence-corrected chi connectivity index (χ3v) is 3.51. The van der Waals surface area contributed by atoms with Crippen molar-refractivity contribution in [3.05, 3.63) is 29.8 Å². The molecule has 1 amide bonds. The van der Waals surface area contributed by atoms with Crippen LogP contribution in [0.5, 0.6) is 5.75 Å². The van der Waals surface area contributed by atoms with Crippen LogP contribution in [0.25, 0.3) is 0 Å². The first-order valence-corrected chi connectivity index (χ1v) is 8.17. The fraction of sp³-hybridized carbons (Fsp3) is 0.611. The molecule has 23 heavy (non-hydrogen) atoms. The van der Waals surface area contributed by atoms with Gasteiger partial charge in [0, 0.05) is 12.5 Å². The largest absolute Gasteiger partial charge is 0.508 e. The van der Waals surface area contributed by atoms with E-state index in [1.807, 2.05) is 13.8 Å². The lowest BCUT2D eigenvalue weighted by atomic mass is 9.88. The van der Waals surface area contributed by atoms with Gasteiger partial charge in [0.2, 0.25) is 0 Å². The van der Waals surface area contributed by atoms with Crippen LogP contribution in [-0.2, 0) is 4.74 Å². The molecule has 1 aromatic carbocycles. The van der Waals surface area contributed by atoms with Gasteiger partial charge in [-0.1, -0.05) is 26.0 Å². The van der Waals surface area contributed by atoms with Crippen molar-refractivity contribution in [3.8, 4) is 5.75 Å². The zero-order valence-electron chi connectivity index (χ0n) is 14.7. The Bertz CT molecular complexity index is 496. The van der Waals surface area contributed by atoms with E-state index >= 15 is 0 Å². The molecule has 1 aromatic rings. The Balaban J connectivity index is 0.00000127. The number of carbonyl (C=O) groups excluding carboxylic acids is 1. The van der Waals surface area contributed by atoms with Crippen LogP contribution in [0.4, 0.5) is 9.18 Å². The number of rotatable bonds is 1. The molecule has 1 saturated heterocycles. The Morgan fingerprint density at radius 1 is 1.26 bits per heavy atom. The van der Waals surface area contributed by atoms with Crippen LogP contribution >= 0.6 is 0 Å².